The zero-order valence-corrected chi connectivity index (χ0v) is 14.2. The lowest BCUT2D eigenvalue weighted by atomic mass is 10.0. The number of ether oxygens (including phenoxy) is 1. The van der Waals surface area contributed by atoms with Crippen molar-refractivity contribution < 1.29 is 19.1 Å². The van der Waals surface area contributed by atoms with Crippen molar-refractivity contribution in [2.24, 2.45) is 0 Å². The molecule has 0 spiro atoms. The smallest absolute Gasteiger partial charge is 0.308 e. The highest BCUT2D eigenvalue weighted by atomic mass is 16.5. The molecule has 0 saturated heterocycles. The number of carbonyl (C=O) groups excluding carboxylic acids is 3. The molecule has 1 atom stereocenters. The van der Waals surface area contributed by atoms with Crippen LogP contribution in [0.15, 0.2) is 48.5 Å². The summed E-state index contributed by atoms with van der Waals surface area (Å²) in [6.45, 7) is 3.93. The Hall–Kier alpha value is -2.95. The summed E-state index contributed by atoms with van der Waals surface area (Å²) in [6, 6.07) is 13.5. The number of fused-ring (bicyclic) bond motifs is 1. The van der Waals surface area contributed by atoms with Crippen LogP contribution < -0.4 is 0 Å². The van der Waals surface area contributed by atoms with E-state index in [1.54, 1.807) is 31.2 Å². The van der Waals surface area contributed by atoms with Crippen molar-refractivity contribution in [2.75, 3.05) is 6.61 Å². The van der Waals surface area contributed by atoms with Gasteiger partial charge in [0.05, 0.1) is 30.2 Å². The zero-order valence-electron chi connectivity index (χ0n) is 14.2. The second kappa shape index (κ2) is 6.89. The Kier molecular flexibility index (Phi) is 4.65. The van der Waals surface area contributed by atoms with Gasteiger partial charge in [0, 0.05) is 0 Å². The van der Waals surface area contributed by atoms with E-state index in [-0.39, 0.29) is 24.8 Å². The third-order valence-corrected chi connectivity index (χ3v) is 4.26. The van der Waals surface area contributed by atoms with Gasteiger partial charge in [0.25, 0.3) is 11.8 Å². The van der Waals surface area contributed by atoms with Gasteiger partial charge in [-0.15, -0.1) is 0 Å². The van der Waals surface area contributed by atoms with Gasteiger partial charge in [-0.2, -0.15) is 0 Å². The van der Waals surface area contributed by atoms with E-state index >= 15 is 0 Å². The summed E-state index contributed by atoms with van der Waals surface area (Å²) in [4.78, 5) is 38.8. The van der Waals surface area contributed by atoms with Gasteiger partial charge in [-0.3, -0.25) is 19.3 Å². The number of nitrogens with zero attached hydrogens (tertiary/aromatic N) is 1. The Labute approximate surface area is 146 Å². The molecule has 2 aromatic carbocycles. The number of benzene rings is 2. The lowest BCUT2D eigenvalue weighted by Gasteiger charge is -2.26. The van der Waals surface area contributed by atoms with Crippen LogP contribution in [0.3, 0.4) is 0 Å². The van der Waals surface area contributed by atoms with E-state index in [4.69, 9.17) is 4.74 Å². The summed E-state index contributed by atoms with van der Waals surface area (Å²) in [6.07, 6.45) is -0.0671. The van der Waals surface area contributed by atoms with Crippen molar-refractivity contribution in [3.63, 3.8) is 0 Å². The maximum Gasteiger partial charge on any atom is 0.308 e. The van der Waals surface area contributed by atoms with Crippen molar-refractivity contribution in [2.45, 2.75) is 26.3 Å². The molecule has 1 heterocycles. The van der Waals surface area contributed by atoms with E-state index < -0.39 is 12.0 Å². The number of carbonyl (C=O) groups is 3. The molecule has 25 heavy (non-hydrogen) atoms. The van der Waals surface area contributed by atoms with Gasteiger partial charge in [0.2, 0.25) is 0 Å². The summed E-state index contributed by atoms with van der Waals surface area (Å²) in [5, 5.41) is 0. The van der Waals surface area contributed by atoms with Crippen LogP contribution in [0.1, 0.15) is 51.2 Å². The van der Waals surface area contributed by atoms with Crippen molar-refractivity contribution >= 4 is 17.8 Å². The fourth-order valence-electron chi connectivity index (χ4n) is 3.02. The Bertz CT molecular complexity index is 791. The number of esters is 1. The number of imide groups is 1. The normalized spacial score (nSPS) is 14.4. The van der Waals surface area contributed by atoms with E-state index in [1.165, 1.54) is 4.90 Å². The molecule has 0 aliphatic carbocycles. The SMILES string of the molecule is CCOC(=O)C[C@H](c1ccc(C)cc1)N1C(=O)c2ccccc2C1=O. The molecular weight excluding hydrogens is 318 g/mol. The van der Waals surface area contributed by atoms with Crippen LogP contribution in [0, 0.1) is 6.92 Å². The van der Waals surface area contributed by atoms with E-state index in [0.29, 0.717) is 11.1 Å². The second-order valence-corrected chi connectivity index (χ2v) is 5.96. The van der Waals surface area contributed by atoms with Crippen LogP contribution in [-0.4, -0.2) is 29.3 Å². The molecule has 1 aliphatic heterocycles. The first-order valence-corrected chi connectivity index (χ1v) is 8.22. The summed E-state index contributed by atoms with van der Waals surface area (Å²) in [7, 11) is 0. The summed E-state index contributed by atoms with van der Waals surface area (Å²) in [5.41, 5.74) is 2.52. The van der Waals surface area contributed by atoms with Crippen molar-refractivity contribution in [1.82, 2.24) is 4.90 Å². The number of hydrogen-bond donors (Lipinski definition) is 0. The molecule has 128 valence electrons. The Balaban J connectivity index is 2.00. The van der Waals surface area contributed by atoms with Gasteiger partial charge in [-0.25, -0.2) is 0 Å². The third kappa shape index (κ3) is 3.18. The number of hydrogen-bond acceptors (Lipinski definition) is 4. The lowest BCUT2D eigenvalue weighted by molar-refractivity contribution is -0.144. The summed E-state index contributed by atoms with van der Waals surface area (Å²) >= 11 is 0. The third-order valence-electron chi connectivity index (χ3n) is 4.26. The molecule has 3 rings (SSSR count). The average molecular weight is 337 g/mol. The first kappa shape index (κ1) is 16.9. The Morgan fingerprint density at radius 2 is 1.56 bits per heavy atom. The van der Waals surface area contributed by atoms with Crippen LogP contribution in [0.5, 0.6) is 0 Å². The average Bonchev–Trinajstić information content (AvgIpc) is 2.86. The minimum absolute atomic E-state index is 0.0671. The molecule has 2 amide bonds. The van der Waals surface area contributed by atoms with Crippen LogP contribution in [0.25, 0.3) is 0 Å². The summed E-state index contributed by atoms with van der Waals surface area (Å²) < 4.78 is 5.04. The van der Waals surface area contributed by atoms with E-state index in [1.807, 2.05) is 31.2 Å². The minimum Gasteiger partial charge on any atom is -0.466 e. The second-order valence-electron chi connectivity index (χ2n) is 5.96. The predicted molar refractivity (Wildman–Crippen MR) is 92.1 cm³/mol. The summed E-state index contributed by atoms with van der Waals surface area (Å²) in [5.74, 6) is -1.20. The molecule has 0 N–H and O–H groups in total. The van der Waals surface area contributed by atoms with Gasteiger partial charge in [0.1, 0.15) is 0 Å². The van der Waals surface area contributed by atoms with Crippen LogP contribution in [0.2, 0.25) is 0 Å². The Morgan fingerprint density at radius 1 is 1.00 bits per heavy atom. The molecule has 1 aliphatic rings. The van der Waals surface area contributed by atoms with Crippen LogP contribution in [0.4, 0.5) is 0 Å². The predicted octanol–water partition coefficient (Wildman–Crippen LogP) is 3.29. The fraction of sp³-hybridized carbons (Fsp3) is 0.250. The lowest BCUT2D eigenvalue weighted by Crippen LogP contribution is -2.35. The van der Waals surface area contributed by atoms with Gasteiger partial charge in [-0.05, 0) is 31.5 Å². The highest BCUT2D eigenvalue weighted by molar-refractivity contribution is 6.21. The van der Waals surface area contributed by atoms with E-state index in [9.17, 15) is 14.4 Å². The van der Waals surface area contributed by atoms with E-state index in [0.717, 1.165) is 11.1 Å². The number of amides is 2. The molecule has 0 bridgehead atoms. The highest BCUT2D eigenvalue weighted by Gasteiger charge is 2.41. The highest BCUT2D eigenvalue weighted by Crippen LogP contribution is 2.33. The van der Waals surface area contributed by atoms with Crippen molar-refractivity contribution in [1.29, 1.82) is 0 Å². The van der Waals surface area contributed by atoms with Crippen LogP contribution in [-0.2, 0) is 9.53 Å². The van der Waals surface area contributed by atoms with Gasteiger partial charge in [-0.1, -0.05) is 42.0 Å². The molecular formula is C20H19NO4. The van der Waals surface area contributed by atoms with Gasteiger partial charge in [0.15, 0.2) is 0 Å². The maximum atomic E-state index is 12.8. The maximum absolute atomic E-state index is 12.8. The standard InChI is InChI=1S/C20H19NO4/c1-3-25-18(22)12-17(14-10-8-13(2)9-11-14)21-19(23)15-6-4-5-7-16(15)20(21)24/h4-11,17H,3,12H2,1-2H3/t17-/m1/s1. The largest absolute Gasteiger partial charge is 0.466 e. The quantitative estimate of drug-likeness (QED) is 0.620. The first-order valence-electron chi connectivity index (χ1n) is 8.22. The fourth-order valence-corrected chi connectivity index (χ4v) is 3.02. The molecule has 5 heteroatoms. The number of rotatable bonds is 5. The molecule has 0 radical (unpaired) electrons. The molecule has 0 aromatic heterocycles. The van der Waals surface area contributed by atoms with Gasteiger partial charge >= 0.3 is 5.97 Å². The molecule has 0 fully saturated rings. The molecule has 0 unspecified atom stereocenters. The number of aryl methyl sites for hydroxylation is 1. The van der Waals surface area contributed by atoms with Gasteiger partial charge < -0.3 is 4.74 Å². The Morgan fingerprint density at radius 3 is 2.08 bits per heavy atom. The molecule has 5 nitrogen and oxygen atoms in total. The van der Waals surface area contributed by atoms with Crippen molar-refractivity contribution in [3.05, 3.63) is 70.8 Å². The van der Waals surface area contributed by atoms with Crippen molar-refractivity contribution in [3.8, 4) is 0 Å². The topological polar surface area (TPSA) is 63.7 Å². The first-order chi connectivity index (χ1) is 12.0. The molecule has 0 saturated carbocycles. The monoisotopic (exact) mass is 337 g/mol. The van der Waals surface area contributed by atoms with E-state index in [2.05, 4.69) is 0 Å². The minimum atomic E-state index is -0.688. The zero-order chi connectivity index (χ0) is 18.0. The molecule has 2 aromatic rings. The van der Waals surface area contributed by atoms with Crippen LogP contribution >= 0.6 is 0 Å².